The van der Waals surface area contributed by atoms with Crippen LogP contribution in [0.1, 0.15) is 20.8 Å². The number of likely N-dealkylation sites (N-methyl/N-ethyl adjacent to an activating group) is 1. The van der Waals surface area contributed by atoms with Crippen LogP contribution in [0.3, 0.4) is 0 Å². The maximum absolute atomic E-state index is 11.7. The van der Waals surface area contributed by atoms with E-state index < -0.39 is 24.1 Å². The van der Waals surface area contributed by atoms with Gasteiger partial charge >= 0.3 is 12.0 Å². The third-order valence-electron chi connectivity index (χ3n) is 2.46. The minimum absolute atomic E-state index is 0.190. The van der Waals surface area contributed by atoms with Crippen LogP contribution in [-0.2, 0) is 9.59 Å². The van der Waals surface area contributed by atoms with Gasteiger partial charge in [-0.2, -0.15) is 0 Å². The summed E-state index contributed by atoms with van der Waals surface area (Å²) in [5.41, 5.74) is 0. The highest BCUT2D eigenvalue weighted by atomic mass is 16.4. The molecule has 116 valence electrons. The molecule has 8 heteroatoms. The molecular formula is C12H23N3O5. The van der Waals surface area contributed by atoms with Crippen LogP contribution in [-0.4, -0.2) is 65.3 Å². The van der Waals surface area contributed by atoms with Crippen molar-refractivity contribution in [3.05, 3.63) is 0 Å². The van der Waals surface area contributed by atoms with E-state index in [-0.39, 0.29) is 12.5 Å². The fourth-order valence-electron chi connectivity index (χ4n) is 1.29. The van der Waals surface area contributed by atoms with Crippen molar-refractivity contribution in [1.82, 2.24) is 15.5 Å². The molecule has 0 radical (unpaired) electrons. The summed E-state index contributed by atoms with van der Waals surface area (Å²) in [7, 11) is 1.37. The van der Waals surface area contributed by atoms with E-state index in [0.717, 1.165) is 4.90 Å². The Bertz CT molecular complexity index is 357. The van der Waals surface area contributed by atoms with Crippen molar-refractivity contribution in [1.29, 1.82) is 0 Å². The summed E-state index contributed by atoms with van der Waals surface area (Å²) in [5, 5.41) is 22.9. The highest BCUT2D eigenvalue weighted by Crippen LogP contribution is 1.95. The van der Waals surface area contributed by atoms with Crippen LogP contribution in [0.2, 0.25) is 0 Å². The van der Waals surface area contributed by atoms with Crippen molar-refractivity contribution in [2.24, 2.45) is 5.92 Å². The van der Waals surface area contributed by atoms with Crippen LogP contribution in [0.25, 0.3) is 0 Å². The zero-order chi connectivity index (χ0) is 15.9. The number of carbonyl (C=O) groups is 3. The predicted molar refractivity (Wildman–Crippen MR) is 72.1 cm³/mol. The number of nitrogens with zero attached hydrogens (tertiary/aromatic N) is 1. The van der Waals surface area contributed by atoms with E-state index in [1.807, 2.05) is 13.8 Å². The molecule has 20 heavy (non-hydrogen) atoms. The number of carboxylic acid groups (broad SMARTS) is 1. The van der Waals surface area contributed by atoms with Crippen LogP contribution in [0, 0.1) is 5.92 Å². The van der Waals surface area contributed by atoms with Gasteiger partial charge < -0.3 is 25.7 Å². The average molecular weight is 289 g/mol. The summed E-state index contributed by atoms with van der Waals surface area (Å²) in [6, 6.07) is -2.15. The molecule has 0 heterocycles. The number of hydrogen-bond acceptors (Lipinski definition) is 4. The standard InChI is InChI=1S/C12H23N3O5/c1-7(2)5-13-9(17)6-15(4)12(20)14-10(8(3)16)11(18)19/h7-8,10,16H,5-6H2,1-4H3,(H,13,17)(H,14,20)(H,18,19). The number of carbonyl (C=O) groups excluding carboxylic acids is 2. The molecule has 2 unspecified atom stereocenters. The summed E-state index contributed by atoms with van der Waals surface area (Å²) >= 11 is 0. The molecule has 4 N–H and O–H groups in total. The average Bonchev–Trinajstić information content (AvgIpc) is 2.32. The predicted octanol–water partition coefficient (Wildman–Crippen LogP) is -0.766. The molecule has 3 amide bonds. The minimum Gasteiger partial charge on any atom is -0.480 e. The third kappa shape index (κ3) is 6.93. The molecule has 2 atom stereocenters. The van der Waals surface area contributed by atoms with Gasteiger partial charge in [0.1, 0.15) is 6.54 Å². The normalized spacial score (nSPS) is 13.5. The molecule has 0 bridgehead atoms. The lowest BCUT2D eigenvalue weighted by molar-refractivity contribution is -0.141. The number of rotatable bonds is 7. The lowest BCUT2D eigenvalue weighted by Gasteiger charge is -2.22. The molecular weight excluding hydrogens is 266 g/mol. The van der Waals surface area contributed by atoms with Gasteiger partial charge in [-0.05, 0) is 12.8 Å². The zero-order valence-electron chi connectivity index (χ0n) is 12.2. The summed E-state index contributed by atoms with van der Waals surface area (Å²) in [6.07, 6.45) is -1.24. The first-order valence-electron chi connectivity index (χ1n) is 6.34. The maximum Gasteiger partial charge on any atom is 0.328 e. The van der Waals surface area contributed by atoms with Crippen LogP contribution < -0.4 is 10.6 Å². The van der Waals surface area contributed by atoms with E-state index in [2.05, 4.69) is 10.6 Å². The first-order chi connectivity index (χ1) is 9.15. The van der Waals surface area contributed by atoms with Crippen molar-refractivity contribution in [2.45, 2.75) is 32.9 Å². The minimum atomic E-state index is -1.41. The molecule has 0 spiro atoms. The Morgan fingerprint density at radius 1 is 1.20 bits per heavy atom. The SMILES string of the molecule is CC(C)CNC(=O)CN(C)C(=O)NC(C(=O)O)C(C)O. The molecule has 0 fully saturated rings. The second kappa shape index (κ2) is 8.36. The summed E-state index contributed by atoms with van der Waals surface area (Å²) in [6.45, 7) is 5.45. The molecule has 0 aliphatic carbocycles. The molecule has 8 nitrogen and oxygen atoms in total. The van der Waals surface area contributed by atoms with E-state index in [9.17, 15) is 19.5 Å². The molecule has 0 aromatic carbocycles. The van der Waals surface area contributed by atoms with Gasteiger partial charge in [0, 0.05) is 13.6 Å². The zero-order valence-corrected chi connectivity index (χ0v) is 12.2. The molecule has 0 aliphatic rings. The Balaban J connectivity index is 4.33. The molecule has 0 saturated carbocycles. The molecule has 0 aliphatic heterocycles. The Hall–Kier alpha value is -1.83. The first kappa shape index (κ1) is 18.2. The lowest BCUT2D eigenvalue weighted by Crippen LogP contribution is -2.53. The van der Waals surface area contributed by atoms with Gasteiger partial charge in [0.2, 0.25) is 5.91 Å². The smallest absolute Gasteiger partial charge is 0.328 e. The number of aliphatic hydroxyl groups excluding tert-OH is 1. The van der Waals surface area contributed by atoms with Crippen molar-refractivity contribution >= 4 is 17.9 Å². The van der Waals surface area contributed by atoms with E-state index in [1.54, 1.807) is 0 Å². The third-order valence-corrected chi connectivity index (χ3v) is 2.46. The number of carboxylic acids is 1. The number of urea groups is 1. The van der Waals surface area contributed by atoms with Crippen molar-refractivity contribution < 1.29 is 24.6 Å². The highest BCUT2D eigenvalue weighted by molar-refractivity contribution is 5.86. The number of amides is 3. The summed E-state index contributed by atoms with van der Waals surface area (Å²) in [5.74, 6) is -1.38. The van der Waals surface area contributed by atoms with Crippen LogP contribution >= 0.6 is 0 Å². The summed E-state index contributed by atoms with van der Waals surface area (Å²) < 4.78 is 0. The Morgan fingerprint density at radius 3 is 2.15 bits per heavy atom. The quantitative estimate of drug-likeness (QED) is 0.491. The number of aliphatic hydroxyl groups is 1. The topological polar surface area (TPSA) is 119 Å². The summed E-state index contributed by atoms with van der Waals surface area (Å²) in [4.78, 5) is 35.1. The van der Waals surface area contributed by atoms with Gasteiger partial charge in [-0.1, -0.05) is 13.8 Å². The Morgan fingerprint density at radius 2 is 1.75 bits per heavy atom. The van der Waals surface area contributed by atoms with Gasteiger partial charge in [-0.15, -0.1) is 0 Å². The Kier molecular flexibility index (Phi) is 7.60. The second-order valence-electron chi connectivity index (χ2n) is 5.06. The molecule has 0 saturated heterocycles. The van der Waals surface area contributed by atoms with Crippen molar-refractivity contribution in [3.8, 4) is 0 Å². The molecule has 0 aromatic rings. The van der Waals surface area contributed by atoms with Gasteiger partial charge in [-0.3, -0.25) is 4.79 Å². The monoisotopic (exact) mass is 289 g/mol. The molecule has 0 rings (SSSR count). The Labute approximate surface area is 118 Å². The van der Waals surface area contributed by atoms with E-state index in [1.165, 1.54) is 14.0 Å². The van der Waals surface area contributed by atoms with Crippen LogP contribution in [0.5, 0.6) is 0 Å². The van der Waals surface area contributed by atoms with Crippen molar-refractivity contribution in [2.75, 3.05) is 20.1 Å². The number of nitrogens with one attached hydrogen (secondary N) is 2. The van der Waals surface area contributed by atoms with E-state index in [4.69, 9.17) is 5.11 Å². The van der Waals surface area contributed by atoms with Crippen LogP contribution in [0.15, 0.2) is 0 Å². The van der Waals surface area contributed by atoms with Gasteiger partial charge in [0.15, 0.2) is 6.04 Å². The van der Waals surface area contributed by atoms with E-state index >= 15 is 0 Å². The fourth-order valence-corrected chi connectivity index (χ4v) is 1.29. The number of aliphatic carboxylic acids is 1. The van der Waals surface area contributed by atoms with Crippen LogP contribution in [0.4, 0.5) is 4.79 Å². The first-order valence-corrected chi connectivity index (χ1v) is 6.34. The van der Waals surface area contributed by atoms with Gasteiger partial charge in [0.25, 0.3) is 0 Å². The maximum atomic E-state index is 11.7. The lowest BCUT2D eigenvalue weighted by atomic mass is 10.2. The van der Waals surface area contributed by atoms with Gasteiger partial charge in [0.05, 0.1) is 6.10 Å². The van der Waals surface area contributed by atoms with E-state index in [0.29, 0.717) is 12.5 Å². The van der Waals surface area contributed by atoms with Gasteiger partial charge in [-0.25, -0.2) is 9.59 Å². The fraction of sp³-hybridized carbons (Fsp3) is 0.750. The molecule has 0 aromatic heterocycles. The van der Waals surface area contributed by atoms with Crippen molar-refractivity contribution in [3.63, 3.8) is 0 Å². The largest absolute Gasteiger partial charge is 0.480 e. The highest BCUT2D eigenvalue weighted by Gasteiger charge is 2.26. The number of hydrogen-bond donors (Lipinski definition) is 4. The second-order valence-corrected chi connectivity index (χ2v) is 5.06.